The summed E-state index contributed by atoms with van der Waals surface area (Å²) in [5, 5.41) is 20.5. The van der Waals surface area contributed by atoms with Crippen LogP contribution in [-0.2, 0) is 30.3 Å². The third kappa shape index (κ3) is 10.00. The SMILES string of the molecule is COC(=O)CC1N=C(c2ccc(Cl)cc2)c2c(sc(C(=O)NCCOCCOCCNC(=O)Cn3c(=O)n([C@H](C)c4ccccn4)c4c5cc(OC)c(-c6c(C)noc6C)cc5ncc43)c2C)-n2c(C)nnc21. The zero-order chi connectivity index (χ0) is 51.5. The number of thiophene rings is 1. The van der Waals surface area contributed by atoms with E-state index in [-0.39, 0.29) is 64.3 Å². The number of amides is 2. The molecule has 1 aliphatic rings. The summed E-state index contributed by atoms with van der Waals surface area (Å²) in [6, 6.07) is 15.3. The molecule has 22 heteroatoms. The van der Waals surface area contributed by atoms with Gasteiger partial charge in [0.2, 0.25) is 5.91 Å². The molecule has 1 aliphatic heterocycles. The molecule has 2 aromatic carbocycles. The molecule has 9 rings (SSSR count). The molecule has 2 atom stereocenters. The lowest BCUT2D eigenvalue weighted by Gasteiger charge is -2.15. The minimum atomic E-state index is -0.691. The Balaban J connectivity index is 0.803. The molecule has 0 aliphatic carbocycles. The topological polar surface area (TPSA) is 234 Å². The molecule has 7 heterocycles. The molecule has 2 N–H and O–H groups in total. The second kappa shape index (κ2) is 21.6. The summed E-state index contributed by atoms with van der Waals surface area (Å²) in [5.74, 6) is 1.08. The number of halogens is 1. The zero-order valence-corrected chi connectivity index (χ0v) is 42.7. The Kier molecular flexibility index (Phi) is 14.9. The van der Waals surface area contributed by atoms with E-state index in [0.717, 1.165) is 22.3 Å². The first-order valence-electron chi connectivity index (χ1n) is 23.4. The monoisotopic (exact) mass is 1030 g/mol. The number of nitrogens with one attached hydrogen (secondary N) is 2. The smallest absolute Gasteiger partial charge is 0.330 e. The fourth-order valence-corrected chi connectivity index (χ4v) is 10.5. The Morgan fingerprint density at radius 1 is 0.918 bits per heavy atom. The number of esters is 1. The zero-order valence-electron chi connectivity index (χ0n) is 41.1. The van der Waals surface area contributed by atoms with Crippen LogP contribution < -0.4 is 21.1 Å². The van der Waals surface area contributed by atoms with Gasteiger partial charge in [-0.25, -0.2) is 4.79 Å². The van der Waals surface area contributed by atoms with Gasteiger partial charge in [0.15, 0.2) is 5.82 Å². The summed E-state index contributed by atoms with van der Waals surface area (Å²) in [5.41, 5.74) is 6.95. The highest BCUT2D eigenvalue weighted by Gasteiger charge is 2.34. The lowest BCUT2D eigenvalue weighted by Crippen LogP contribution is -2.35. The van der Waals surface area contributed by atoms with Crippen molar-refractivity contribution in [3.63, 3.8) is 0 Å². The van der Waals surface area contributed by atoms with Crippen molar-refractivity contribution in [3.8, 4) is 21.9 Å². The number of carbonyl (C=O) groups is 3. The minimum absolute atomic E-state index is 0.0535. The fourth-order valence-electron chi connectivity index (χ4n) is 9.05. The van der Waals surface area contributed by atoms with Crippen molar-refractivity contribution in [2.24, 2.45) is 4.99 Å². The molecule has 378 valence electrons. The molecule has 0 bridgehead atoms. The van der Waals surface area contributed by atoms with Crippen LogP contribution in [0, 0.1) is 27.7 Å². The average Bonchev–Trinajstić information content (AvgIpc) is 4.10. The van der Waals surface area contributed by atoms with Crippen molar-refractivity contribution in [3.05, 3.63) is 133 Å². The number of ether oxygens (including phenoxy) is 4. The molecule has 0 radical (unpaired) electrons. The number of fused-ring (bicyclic) bond motifs is 6. The van der Waals surface area contributed by atoms with Gasteiger partial charge in [0.05, 0.1) is 103 Å². The van der Waals surface area contributed by atoms with E-state index < -0.39 is 23.7 Å². The van der Waals surface area contributed by atoms with Crippen molar-refractivity contribution in [2.45, 2.75) is 59.7 Å². The van der Waals surface area contributed by atoms with Gasteiger partial charge in [0.25, 0.3) is 5.91 Å². The van der Waals surface area contributed by atoms with Gasteiger partial charge in [-0.2, -0.15) is 0 Å². The molecule has 6 aromatic heterocycles. The van der Waals surface area contributed by atoms with Crippen LogP contribution >= 0.6 is 22.9 Å². The van der Waals surface area contributed by atoms with E-state index in [1.165, 1.54) is 23.0 Å². The molecule has 20 nitrogen and oxygen atoms in total. The summed E-state index contributed by atoms with van der Waals surface area (Å²) >= 11 is 7.53. The largest absolute Gasteiger partial charge is 0.496 e. The van der Waals surface area contributed by atoms with Crippen molar-refractivity contribution in [2.75, 3.05) is 53.7 Å². The lowest BCUT2D eigenvalue weighted by molar-refractivity contribution is -0.141. The summed E-state index contributed by atoms with van der Waals surface area (Å²) in [6.07, 6.45) is 3.23. The van der Waals surface area contributed by atoms with E-state index in [9.17, 15) is 19.2 Å². The van der Waals surface area contributed by atoms with Gasteiger partial charge in [-0.15, -0.1) is 21.5 Å². The molecular weight excluding hydrogens is 978 g/mol. The predicted molar refractivity (Wildman–Crippen MR) is 273 cm³/mol. The second-order valence-electron chi connectivity index (χ2n) is 17.2. The van der Waals surface area contributed by atoms with Crippen molar-refractivity contribution in [1.29, 1.82) is 0 Å². The van der Waals surface area contributed by atoms with Crippen LogP contribution in [0.25, 0.3) is 38.1 Å². The van der Waals surface area contributed by atoms with E-state index in [2.05, 4.69) is 31.0 Å². The van der Waals surface area contributed by atoms with Crippen molar-refractivity contribution < 1.29 is 37.9 Å². The quantitative estimate of drug-likeness (QED) is 0.0643. The van der Waals surface area contributed by atoms with E-state index in [1.54, 1.807) is 36.2 Å². The number of hydrogen-bond acceptors (Lipinski definition) is 16. The number of imidazole rings is 1. The minimum Gasteiger partial charge on any atom is -0.496 e. The number of aliphatic imine (C=N–C) groups is 1. The highest BCUT2D eigenvalue weighted by molar-refractivity contribution is 7.17. The van der Waals surface area contributed by atoms with Gasteiger partial charge in [-0.05, 0) is 76.6 Å². The molecule has 0 saturated carbocycles. The van der Waals surface area contributed by atoms with Gasteiger partial charge < -0.3 is 34.1 Å². The maximum absolute atomic E-state index is 14.4. The highest BCUT2D eigenvalue weighted by Crippen LogP contribution is 2.41. The van der Waals surface area contributed by atoms with Crippen molar-refractivity contribution >= 4 is 68.4 Å². The average molecular weight is 1030 g/mol. The van der Waals surface area contributed by atoms with Crippen LogP contribution in [0.2, 0.25) is 5.02 Å². The Morgan fingerprint density at radius 2 is 1.67 bits per heavy atom. The fraction of sp³-hybridized carbons (Fsp3) is 0.333. The van der Waals surface area contributed by atoms with Crippen LogP contribution in [-0.4, -0.2) is 116 Å². The molecule has 73 heavy (non-hydrogen) atoms. The van der Waals surface area contributed by atoms with Gasteiger partial charge in [-0.3, -0.25) is 43.0 Å². The molecule has 2 amide bonds. The number of rotatable bonds is 19. The van der Waals surface area contributed by atoms with Crippen LogP contribution in [0.15, 0.2) is 81.3 Å². The molecule has 8 aromatic rings. The number of nitrogens with zero attached hydrogens (tertiary/aromatic N) is 9. The Bertz CT molecular complexity index is 3450. The predicted octanol–water partition coefficient (Wildman–Crippen LogP) is 6.58. The number of benzene rings is 2. The van der Waals surface area contributed by atoms with E-state index >= 15 is 0 Å². The Morgan fingerprint density at radius 3 is 2.36 bits per heavy atom. The molecular formula is C51H52ClN11O9S. The number of methoxy groups -OCH3 is 2. The first-order valence-corrected chi connectivity index (χ1v) is 24.6. The number of hydrogen-bond donors (Lipinski definition) is 2. The van der Waals surface area contributed by atoms with Gasteiger partial charge in [0, 0.05) is 46.4 Å². The summed E-state index contributed by atoms with van der Waals surface area (Å²) in [6.45, 7) is 10.3. The molecule has 0 spiro atoms. The summed E-state index contributed by atoms with van der Waals surface area (Å²) < 4.78 is 32.7. The Labute approximate surface area is 427 Å². The maximum Gasteiger partial charge on any atom is 0.330 e. The van der Waals surface area contributed by atoms with Gasteiger partial charge in [0.1, 0.15) is 34.9 Å². The van der Waals surface area contributed by atoms with E-state index in [4.69, 9.17) is 45.0 Å². The van der Waals surface area contributed by atoms with Gasteiger partial charge >= 0.3 is 11.7 Å². The van der Waals surface area contributed by atoms with Crippen molar-refractivity contribution in [1.82, 2.24) is 49.7 Å². The van der Waals surface area contributed by atoms with Gasteiger partial charge in [-0.1, -0.05) is 35.0 Å². The molecule has 0 saturated heterocycles. The highest BCUT2D eigenvalue weighted by atomic mass is 35.5. The van der Waals surface area contributed by atoms with E-state index in [1.807, 2.05) is 81.7 Å². The normalized spacial score (nSPS) is 13.6. The third-order valence-corrected chi connectivity index (χ3v) is 14.1. The number of carbonyl (C=O) groups excluding carboxylic acids is 3. The lowest BCUT2D eigenvalue weighted by atomic mass is 9.99. The van der Waals surface area contributed by atoms with Crippen LogP contribution in [0.1, 0.15) is 80.6 Å². The summed E-state index contributed by atoms with van der Waals surface area (Å²) in [7, 11) is 2.90. The first-order chi connectivity index (χ1) is 35.3. The molecule has 0 fully saturated rings. The third-order valence-electron chi connectivity index (χ3n) is 12.6. The Hall–Kier alpha value is -7.59. The van der Waals surface area contributed by atoms with Crippen LogP contribution in [0.5, 0.6) is 5.75 Å². The second-order valence-corrected chi connectivity index (χ2v) is 18.7. The molecule has 1 unspecified atom stereocenters. The van der Waals surface area contributed by atoms with Crippen LogP contribution in [0.4, 0.5) is 0 Å². The standard InChI is InChI=1S/C51H52ClN11O9S/c1-27-43-45(32-11-13-33(52)14-12-32)57-38(24-42(65)69-7)48-59-58-31(5)63(48)50(43)73-47(27)49(66)55-17-19-71-21-20-70-18-16-54-41(64)26-61-39-25-56-37-22-35(44-28(2)60-72-30(44)4)40(68-6)23-34(37)46(39)62(51(61)67)29(3)36-10-8-9-15-53-36/h8-15,22-23,25,29,38H,16-21,24,26H2,1-7H3,(H,54,64)(H,55,66)/t29-,38?/m1/s1. The number of pyridine rings is 2. The number of aryl methyl sites for hydroxylation is 3. The maximum atomic E-state index is 14.4. The number of aromatic nitrogens is 8. The van der Waals surface area contributed by atoms with E-state index in [0.29, 0.717) is 82.7 Å². The summed E-state index contributed by atoms with van der Waals surface area (Å²) in [4.78, 5) is 68.9. The first kappa shape index (κ1) is 50.4. The van der Waals surface area contributed by atoms with Crippen LogP contribution in [0.3, 0.4) is 0 Å².